The van der Waals surface area contributed by atoms with Crippen LogP contribution in [-0.2, 0) is 25.6 Å². The second-order valence-electron chi connectivity index (χ2n) is 9.12. The summed E-state index contributed by atoms with van der Waals surface area (Å²) in [6.07, 6.45) is 1.04. The number of amides is 3. The number of carboxylic acids is 1. The van der Waals surface area contributed by atoms with Gasteiger partial charge in [0, 0.05) is 12.2 Å². The number of thiol groups is 1. The van der Waals surface area contributed by atoms with Crippen molar-refractivity contribution in [2.24, 2.45) is 17.6 Å². The molecule has 3 amide bonds. The molecule has 196 valence electrons. The van der Waals surface area contributed by atoms with Crippen molar-refractivity contribution in [3.05, 3.63) is 29.8 Å². The number of nitrogens with two attached hydrogens (primary N) is 1. The van der Waals surface area contributed by atoms with Crippen LogP contribution < -0.4 is 21.7 Å². The average molecular weight is 511 g/mol. The first-order valence-electron chi connectivity index (χ1n) is 11.7. The van der Waals surface area contributed by atoms with Gasteiger partial charge in [0.05, 0.1) is 6.04 Å². The predicted molar refractivity (Wildman–Crippen MR) is 136 cm³/mol. The van der Waals surface area contributed by atoms with E-state index in [-0.39, 0.29) is 29.8 Å². The SMILES string of the molecule is CCC(C)C(NC(=O)C(CS)NC(=O)C(Cc1ccc(O)cc1)NC(=O)C(N)CC(C)C)C(=O)O. The molecular formula is C24H38N4O6S. The number of hydrogen-bond donors (Lipinski definition) is 7. The molecule has 0 spiro atoms. The third-order valence-corrected chi connectivity index (χ3v) is 6.03. The Morgan fingerprint density at radius 1 is 0.943 bits per heavy atom. The Balaban J connectivity index is 3.04. The van der Waals surface area contributed by atoms with Crippen LogP contribution in [0.5, 0.6) is 5.75 Å². The van der Waals surface area contributed by atoms with Gasteiger partial charge in [-0.1, -0.05) is 46.2 Å². The zero-order valence-corrected chi connectivity index (χ0v) is 21.5. The lowest BCUT2D eigenvalue weighted by Crippen LogP contribution is -2.58. The minimum absolute atomic E-state index is 0.0545. The second-order valence-corrected chi connectivity index (χ2v) is 9.49. The van der Waals surface area contributed by atoms with Gasteiger partial charge in [-0.3, -0.25) is 14.4 Å². The first-order chi connectivity index (χ1) is 16.4. The average Bonchev–Trinajstić information content (AvgIpc) is 2.80. The monoisotopic (exact) mass is 510 g/mol. The molecule has 35 heavy (non-hydrogen) atoms. The lowest BCUT2D eigenvalue weighted by Gasteiger charge is -2.26. The molecule has 11 heteroatoms. The first-order valence-corrected chi connectivity index (χ1v) is 12.3. The van der Waals surface area contributed by atoms with E-state index in [1.807, 2.05) is 20.8 Å². The van der Waals surface area contributed by atoms with E-state index in [0.717, 1.165) is 0 Å². The standard InChI is InChI=1S/C24H38N4O6S/c1-5-14(4)20(24(33)34)28-23(32)19(12-35)27-22(31)18(11-15-6-8-16(29)9-7-15)26-21(30)17(25)10-13(2)3/h6-9,13-14,17-20,29,35H,5,10-12,25H2,1-4H3,(H,26,30)(H,27,31)(H,28,32)(H,33,34). The van der Waals surface area contributed by atoms with Crippen LogP contribution in [0.3, 0.4) is 0 Å². The smallest absolute Gasteiger partial charge is 0.326 e. The fourth-order valence-electron chi connectivity index (χ4n) is 3.37. The van der Waals surface area contributed by atoms with Crippen LogP contribution in [0, 0.1) is 11.8 Å². The van der Waals surface area contributed by atoms with E-state index in [1.54, 1.807) is 19.1 Å². The molecule has 0 aliphatic carbocycles. The highest BCUT2D eigenvalue weighted by Gasteiger charge is 2.31. The summed E-state index contributed by atoms with van der Waals surface area (Å²) in [7, 11) is 0. The van der Waals surface area contributed by atoms with Crippen molar-refractivity contribution in [2.75, 3.05) is 5.75 Å². The molecule has 5 atom stereocenters. The number of hydrogen-bond acceptors (Lipinski definition) is 7. The largest absolute Gasteiger partial charge is 0.508 e. The van der Waals surface area contributed by atoms with E-state index >= 15 is 0 Å². The van der Waals surface area contributed by atoms with Crippen molar-refractivity contribution in [2.45, 2.75) is 71.1 Å². The van der Waals surface area contributed by atoms with Crippen LogP contribution >= 0.6 is 12.6 Å². The highest BCUT2D eigenvalue weighted by Crippen LogP contribution is 2.13. The molecular weight excluding hydrogens is 472 g/mol. The summed E-state index contributed by atoms with van der Waals surface area (Å²) in [4.78, 5) is 50.1. The maximum Gasteiger partial charge on any atom is 0.326 e. The van der Waals surface area contributed by atoms with Crippen LogP contribution in [0.2, 0.25) is 0 Å². The Morgan fingerprint density at radius 3 is 1.97 bits per heavy atom. The fraction of sp³-hybridized carbons (Fsp3) is 0.583. The summed E-state index contributed by atoms with van der Waals surface area (Å²) in [5, 5.41) is 26.6. The van der Waals surface area contributed by atoms with Gasteiger partial charge in [0.1, 0.15) is 23.9 Å². The van der Waals surface area contributed by atoms with Gasteiger partial charge in [-0.2, -0.15) is 12.6 Å². The molecule has 1 aromatic rings. The third kappa shape index (κ3) is 10.2. The molecule has 5 unspecified atom stereocenters. The van der Waals surface area contributed by atoms with Crippen molar-refractivity contribution < 1.29 is 29.4 Å². The number of carboxylic acid groups (broad SMARTS) is 1. The Bertz CT molecular complexity index is 864. The number of rotatable bonds is 14. The second kappa shape index (κ2) is 14.6. The van der Waals surface area contributed by atoms with Crippen molar-refractivity contribution in [1.82, 2.24) is 16.0 Å². The summed E-state index contributed by atoms with van der Waals surface area (Å²) in [6.45, 7) is 7.36. The van der Waals surface area contributed by atoms with Crippen molar-refractivity contribution in [1.29, 1.82) is 0 Å². The summed E-state index contributed by atoms with van der Waals surface area (Å²) in [6, 6.07) is 2.02. The Morgan fingerprint density at radius 2 is 1.49 bits per heavy atom. The molecule has 0 saturated carbocycles. The third-order valence-electron chi connectivity index (χ3n) is 5.66. The predicted octanol–water partition coefficient (Wildman–Crippen LogP) is 0.823. The number of carbonyl (C=O) groups is 4. The summed E-state index contributed by atoms with van der Waals surface area (Å²) in [5.74, 6) is -3.20. The zero-order chi connectivity index (χ0) is 26.7. The number of phenols is 1. The summed E-state index contributed by atoms with van der Waals surface area (Å²) < 4.78 is 0. The number of aliphatic carboxylic acids is 1. The maximum absolute atomic E-state index is 13.1. The number of benzene rings is 1. The van der Waals surface area contributed by atoms with E-state index in [2.05, 4.69) is 28.6 Å². The lowest BCUT2D eigenvalue weighted by atomic mass is 9.99. The van der Waals surface area contributed by atoms with Gasteiger partial charge in [-0.25, -0.2) is 4.79 Å². The molecule has 0 aliphatic heterocycles. The van der Waals surface area contributed by atoms with Gasteiger partial charge >= 0.3 is 5.97 Å². The topological polar surface area (TPSA) is 171 Å². The molecule has 0 fully saturated rings. The van der Waals surface area contributed by atoms with E-state index in [4.69, 9.17) is 5.73 Å². The van der Waals surface area contributed by atoms with E-state index in [0.29, 0.717) is 18.4 Å². The Kier molecular flexibility index (Phi) is 12.6. The number of phenolic OH excluding ortho intramolecular Hbond substituents is 1. The maximum atomic E-state index is 13.1. The van der Waals surface area contributed by atoms with Crippen LogP contribution in [0.25, 0.3) is 0 Å². The summed E-state index contributed by atoms with van der Waals surface area (Å²) >= 11 is 4.14. The van der Waals surface area contributed by atoms with Crippen molar-refractivity contribution >= 4 is 36.3 Å². The zero-order valence-electron chi connectivity index (χ0n) is 20.7. The van der Waals surface area contributed by atoms with Crippen molar-refractivity contribution in [3.63, 3.8) is 0 Å². The van der Waals surface area contributed by atoms with Gasteiger partial charge in [-0.05, 0) is 36.0 Å². The molecule has 0 bridgehead atoms. The van der Waals surface area contributed by atoms with Gasteiger partial charge in [0.2, 0.25) is 17.7 Å². The van der Waals surface area contributed by atoms with Gasteiger partial charge in [0.25, 0.3) is 0 Å². The molecule has 1 rings (SSSR count). The Labute approximate surface area is 211 Å². The van der Waals surface area contributed by atoms with Gasteiger partial charge < -0.3 is 31.9 Å². The van der Waals surface area contributed by atoms with Crippen LogP contribution in [0.1, 0.15) is 46.1 Å². The number of aromatic hydroxyl groups is 1. The van der Waals surface area contributed by atoms with Gasteiger partial charge in [-0.15, -0.1) is 0 Å². The number of carbonyl (C=O) groups excluding carboxylic acids is 3. The highest BCUT2D eigenvalue weighted by atomic mass is 32.1. The Hall–Kier alpha value is -2.79. The molecule has 0 heterocycles. The van der Waals surface area contributed by atoms with E-state index < -0.39 is 47.9 Å². The molecule has 0 aliphatic rings. The minimum atomic E-state index is -1.17. The molecule has 0 radical (unpaired) electrons. The summed E-state index contributed by atoms with van der Waals surface area (Å²) in [5.41, 5.74) is 6.63. The van der Waals surface area contributed by atoms with E-state index in [1.165, 1.54) is 12.1 Å². The lowest BCUT2D eigenvalue weighted by molar-refractivity contribution is -0.143. The van der Waals surface area contributed by atoms with Crippen molar-refractivity contribution in [3.8, 4) is 5.75 Å². The minimum Gasteiger partial charge on any atom is -0.508 e. The molecule has 0 aromatic heterocycles. The van der Waals surface area contributed by atoms with E-state index in [9.17, 15) is 29.4 Å². The highest BCUT2D eigenvalue weighted by molar-refractivity contribution is 7.80. The fourth-order valence-corrected chi connectivity index (χ4v) is 3.63. The number of nitrogens with one attached hydrogen (secondary N) is 3. The van der Waals surface area contributed by atoms with Gasteiger partial charge in [0.15, 0.2) is 0 Å². The molecule has 1 aromatic carbocycles. The normalized spacial score (nSPS) is 15.4. The van der Waals surface area contributed by atoms with Crippen LogP contribution in [-0.4, -0.2) is 63.8 Å². The van der Waals surface area contributed by atoms with Crippen LogP contribution in [0.4, 0.5) is 0 Å². The van der Waals surface area contributed by atoms with Crippen LogP contribution in [0.15, 0.2) is 24.3 Å². The molecule has 10 nitrogen and oxygen atoms in total. The first kappa shape index (κ1) is 30.2. The molecule has 0 saturated heterocycles. The molecule has 7 N–H and O–H groups in total. The quantitative estimate of drug-likeness (QED) is 0.182.